The maximum atomic E-state index is 13.9. The van der Waals surface area contributed by atoms with Gasteiger partial charge in [-0.05, 0) is 13.1 Å². The Labute approximate surface area is 109 Å². The standard InChI is InChI=1S/C13H13F2N3O/c1-16-11(8-4-3-5-9(14)10(8)15)12-13(19-2)18-7-6-17-12/h3-7,11,16H,1-2H3. The van der Waals surface area contributed by atoms with Crippen LogP contribution in [0, 0.1) is 11.6 Å². The second kappa shape index (κ2) is 5.71. The highest BCUT2D eigenvalue weighted by Crippen LogP contribution is 2.28. The molecule has 0 aliphatic carbocycles. The zero-order valence-corrected chi connectivity index (χ0v) is 10.5. The molecule has 1 aromatic carbocycles. The molecule has 19 heavy (non-hydrogen) atoms. The molecular formula is C13H13F2N3O. The zero-order valence-electron chi connectivity index (χ0n) is 10.5. The van der Waals surface area contributed by atoms with Crippen LogP contribution >= 0.6 is 0 Å². The van der Waals surface area contributed by atoms with Gasteiger partial charge in [0.15, 0.2) is 11.6 Å². The number of hydrogen-bond donors (Lipinski definition) is 1. The van der Waals surface area contributed by atoms with Crippen LogP contribution < -0.4 is 10.1 Å². The van der Waals surface area contributed by atoms with Crippen LogP contribution in [0.3, 0.4) is 0 Å². The molecular weight excluding hydrogens is 252 g/mol. The van der Waals surface area contributed by atoms with E-state index in [4.69, 9.17) is 4.74 Å². The van der Waals surface area contributed by atoms with E-state index in [9.17, 15) is 8.78 Å². The maximum absolute atomic E-state index is 13.9. The van der Waals surface area contributed by atoms with Crippen molar-refractivity contribution in [1.29, 1.82) is 0 Å². The van der Waals surface area contributed by atoms with Crippen LogP contribution in [-0.2, 0) is 0 Å². The molecule has 1 heterocycles. The predicted octanol–water partition coefficient (Wildman–Crippen LogP) is 2.07. The molecule has 0 fully saturated rings. The molecule has 6 heteroatoms. The molecule has 100 valence electrons. The third kappa shape index (κ3) is 2.53. The number of nitrogens with zero attached hydrogens (tertiary/aromatic N) is 2. The molecule has 0 amide bonds. The first-order chi connectivity index (χ1) is 9.19. The van der Waals surface area contributed by atoms with Gasteiger partial charge in [0, 0.05) is 18.0 Å². The van der Waals surface area contributed by atoms with Gasteiger partial charge in [0.05, 0.1) is 13.2 Å². The molecule has 0 bridgehead atoms. The molecule has 4 nitrogen and oxygen atoms in total. The van der Waals surface area contributed by atoms with Crippen LogP contribution in [0.25, 0.3) is 0 Å². The van der Waals surface area contributed by atoms with Gasteiger partial charge in [-0.1, -0.05) is 12.1 Å². The Balaban J connectivity index is 2.53. The van der Waals surface area contributed by atoms with Crippen molar-refractivity contribution in [2.24, 2.45) is 0 Å². The number of aromatic nitrogens is 2. The van der Waals surface area contributed by atoms with Gasteiger partial charge >= 0.3 is 0 Å². The molecule has 0 saturated carbocycles. The largest absolute Gasteiger partial charge is 0.480 e. The Morgan fingerprint density at radius 1 is 1.21 bits per heavy atom. The Bertz CT molecular complexity index is 578. The van der Waals surface area contributed by atoms with E-state index < -0.39 is 17.7 Å². The van der Waals surface area contributed by atoms with Gasteiger partial charge in [0.2, 0.25) is 5.88 Å². The molecule has 0 aliphatic rings. The van der Waals surface area contributed by atoms with Gasteiger partial charge in [-0.3, -0.25) is 4.98 Å². The van der Waals surface area contributed by atoms with Crippen LogP contribution in [-0.4, -0.2) is 24.1 Å². The number of hydrogen-bond acceptors (Lipinski definition) is 4. The van der Waals surface area contributed by atoms with Crippen molar-refractivity contribution in [1.82, 2.24) is 15.3 Å². The van der Waals surface area contributed by atoms with E-state index in [-0.39, 0.29) is 11.4 Å². The normalized spacial score (nSPS) is 12.2. The quantitative estimate of drug-likeness (QED) is 0.919. The van der Waals surface area contributed by atoms with Crippen molar-refractivity contribution < 1.29 is 13.5 Å². The van der Waals surface area contributed by atoms with E-state index in [1.165, 1.54) is 31.6 Å². The smallest absolute Gasteiger partial charge is 0.237 e. The lowest BCUT2D eigenvalue weighted by Crippen LogP contribution is -2.21. The van der Waals surface area contributed by atoms with Gasteiger partial charge in [-0.15, -0.1) is 0 Å². The van der Waals surface area contributed by atoms with Crippen LogP contribution in [0.1, 0.15) is 17.3 Å². The molecule has 1 unspecified atom stereocenters. The third-order valence-corrected chi connectivity index (χ3v) is 2.74. The van der Waals surface area contributed by atoms with Gasteiger partial charge in [0.25, 0.3) is 0 Å². The number of methoxy groups -OCH3 is 1. The first-order valence-corrected chi connectivity index (χ1v) is 5.65. The van der Waals surface area contributed by atoms with Crippen molar-refractivity contribution in [2.75, 3.05) is 14.2 Å². The van der Waals surface area contributed by atoms with Gasteiger partial charge in [-0.25, -0.2) is 13.8 Å². The first kappa shape index (κ1) is 13.4. The summed E-state index contributed by atoms with van der Waals surface area (Å²) in [4.78, 5) is 8.13. The second-order valence-corrected chi connectivity index (χ2v) is 3.82. The van der Waals surface area contributed by atoms with Crippen LogP contribution in [0.15, 0.2) is 30.6 Å². The number of benzene rings is 1. The molecule has 2 rings (SSSR count). The van der Waals surface area contributed by atoms with Crippen molar-refractivity contribution in [3.05, 3.63) is 53.5 Å². The average Bonchev–Trinajstić information content (AvgIpc) is 2.45. The summed E-state index contributed by atoms with van der Waals surface area (Å²) in [6.45, 7) is 0. The minimum atomic E-state index is -0.908. The highest BCUT2D eigenvalue weighted by atomic mass is 19.2. The Kier molecular flexibility index (Phi) is 4.01. The van der Waals surface area contributed by atoms with Crippen molar-refractivity contribution in [3.8, 4) is 5.88 Å². The lowest BCUT2D eigenvalue weighted by molar-refractivity contribution is 0.382. The Hall–Kier alpha value is -2.08. The molecule has 2 aromatic rings. The van der Waals surface area contributed by atoms with Crippen LogP contribution in [0.4, 0.5) is 8.78 Å². The topological polar surface area (TPSA) is 47.0 Å². The summed E-state index contributed by atoms with van der Waals surface area (Å²) in [7, 11) is 3.07. The van der Waals surface area contributed by atoms with Gasteiger partial charge in [0.1, 0.15) is 5.69 Å². The molecule has 1 N–H and O–H groups in total. The van der Waals surface area contributed by atoms with E-state index in [0.29, 0.717) is 5.69 Å². The fourth-order valence-corrected chi connectivity index (χ4v) is 1.87. The molecule has 0 radical (unpaired) electrons. The monoisotopic (exact) mass is 265 g/mol. The molecule has 1 atom stereocenters. The summed E-state index contributed by atoms with van der Waals surface area (Å²) in [6, 6.07) is 3.37. The molecule has 0 saturated heterocycles. The van der Waals surface area contributed by atoms with Gasteiger partial charge in [-0.2, -0.15) is 0 Å². The average molecular weight is 265 g/mol. The molecule has 0 spiro atoms. The van der Waals surface area contributed by atoms with E-state index >= 15 is 0 Å². The highest BCUT2D eigenvalue weighted by molar-refractivity contribution is 5.33. The predicted molar refractivity (Wildman–Crippen MR) is 65.8 cm³/mol. The number of rotatable bonds is 4. The number of ether oxygens (including phenoxy) is 1. The third-order valence-electron chi connectivity index (χ3n) is 2.74. The lowest BCUT2D eigenvalue weighted by Gasteiger charge is -2.18. The first-order valence-electron chi connectivity index (χ1n) is 5.65. The molecule has 0 aliphatic heterocycles. The fraction of sp³-hybridized carbons (Fsp3) is 0.231. The van der Waals surface area contributed by atoms with E-state index in [2.05, 4.69) is 15.3 Å². The van der Waals surface area contributed by atoms with Crippen molar-refractivity contribution >= 4 is 0 Å². The van der Waals surface area contributed by atoms with Crippen molar-refractivity contribution in [2.45, 2.75) is 6.04 Å². The molecule has 1 aromatic heterocycles. The summed E-state index contributed by atoms with van der Waals surface area (Å²) in [5.41, 5.74) is 0.554. The second-order valence-electron chi connectivity index (χ2n) is 3.82. The highest BCUT2D eigenvalue weighted by Gasteiger charge is 2.23. The van der Waals surface area contributed by atoms with E-state index in [1.54, 1.807) is 7.05 Å². The Morgan fingerprint density at radius 3 is 2.63 bits per heavy atom. The SMILES string of the molecule is CNC(c1cccc(F)c1F)c1nccnc1OC. The number of nitrogens with one attached hydrogen (secondary N) is 1. The minimum Gasteiger partial charge on any atom is -0.480 e. The fourth-order valence-electron chi connectivity index (χ4n) is 1.87. The number of halogens is 2. The summed E-state index contributed by atoms with van der Waals surface area (Å²) in [5.74, 6) is -1.54. The summed E-state index contributed by atoms with van der Waals surface area (Å²) in [6.07, 6.45) is 2.94. The lowest BCUT2D eigenvalue weighted by atomic mass is 10.0. The van der Waals surface area contributed by atoms with Crippen LogP contribution in [0.5, 0.6) is 5.88 Å². The van der Waals surface area contributed by atoms with Crippen LogP contribution in [0.2, 0.25) is 0 Å². The zero-order chi connectivity index (χ0) is 13.8. The van der Waals surface area contributed by atoms with E-state index in [0.717, 1.165) is 6.07 Å². The summed E-state index contributed by atoms with van der Waals surface area (Å²) < 4.78 is 32.2. The van der Waals surface area contributed by atoms with Gasteiger partial charge < -0.3 is 10.1 Å². The maximum Gasteiger partial charge on any atom is 0.237 e. The van der Waals surface area contributed by atoms with Crippen molar-refractivity contribution in [3.63, 3.8) is 0 Å². The summed E-state index contributed by atoms with van der Waals surface area (Å²) >= 11 is 0. The van der Waals surface area contributed by atoms with E-state index in [1.807, 2.05) is 0 Å². The minimum absolute atomic E-state index is 0.154. The summed E-state index contributed by atoms with van der Waals surface area (Å²) in [5, 5.41) is 2.89. The Morgan fingerprint density at radius 2 is 1.95 bits per heavy atom.